The summed E-state index contributed by atoms with van der Waals surface area (Å²) in [6, 6.07) is 6.30. The van der Waals surface area contributed by atoms with Gasteiger partial charge in [0.2, 0.25) is 0 Å². The van der Waals surface area contributed by atoms with Crippen molar-refractivity contribution < 1.29 is 4.74 Å². The quantitative estimate of drug-likeness (QED) is 0.925. The Morgan fingerprint density at radius 3 is 3.06 bits per heavy atom. The summed E-state index contributed by atoms with van der Waals surface area (Å²) in [5.41, 5.74) is 2.45. The number of likely N-dealkylation sites (N-methyl/N-ethyl adjacent to an activating group) is 1. The van der Waals surface area contributed by atoms with Crippen LogP contribution in [0.25, 0.3) is 0 Å². The number of nitrogens with one attached hydrogen (secondary N) is 1. The Kier molecular flexibility index (Phi) is 5.03. The topological polar surface area (TPSA) is 24.5 Å². The Hall–Kier alpha value is -0.580. The zero-order valence-corrected chi connectivity index (χ0v) is 12.7. The summed E-state index contributed by atoms with van der Waals surface area (Å²) in [7, 11) is 0. The highest BCUT2D eigenvalue weighted by Gasteiger charge is 2.18. The van der Waals surface area contributed by atoms with Crippen molar-refractivity contribution in [3.8, 4) is 0 Å². The van der Waals surface area contributed by atoms with Crippen molar-refractivity contribution in [2.45, 2.75) is 20.0 Å². The number of hydrogen-bond donors (Lipinski definition) is 1. The molecule has 0 aliphatic carbocycles. The van der Waals surface area contributed by atoms with Crippen molar-refractivity contribution in [3.63, 3.8) is 0 Å². The van der Waals surface area contributed by atoms with E-state index in [1.165, 1.54) is 11.3 Å². The van der Waals surface area contributed by atoms with Crippen LogP contribution in [0.3, 0.4) is 0 Å². The first-order valence-corrected chi connectivity index (χ1v) is 7.32. The molecular weight excluding hydrogens is 292 g/mol. The Morgan fingerprint density at radius 2 is 2.33 bits per heavy atom. The number of benzene rings is 1. The molecule has 0 bridgehead atoms. The van der Waals surface area contributed by atoms with Crippen LogP contribution in [-0.2, 0) is 4.74 Å². The Morgan fingerprint density at radius 1 is 1.50 bits per heavy atom. The SMILES string of the molecule is CCN1CCOC(CNc2ccc(Br)cc2C)C1. The summed E-state index contributed by atoms with van der Waals surface area (Å²) in [6.07, 6.45) is 0.293. The van der Waals surface area contributed by atoms with Gasteiger partial charge in [-0.3, -0.25) is 4.90 Å². The van der Waals surface area contributed by atoms with E-state index in [9.17, 15) is 0 Å². The number of morpholine rings is 1. The average molecular weight is 313 g/mol. The molecule has 1 N–H and O–H groups in total. The number of anilines is 1. The van der Waals surface area contributed by atoms with Crippen molar-refractivity contribution in [2.24, 2.45) is 0 Å². The smallest absolute Gasteiger partial charge is 0.0874 e. The van der Waals surface area contributed by atoms with Crippen LogP contribution in [-0.4, -0.2) is 43.8 Å². The first kappa shape index (κ1) is 13.8. The fourth-order valence-electron chi connectivity index (χ4n) is 2.24. The number of aryl methyl sites for hydroxylation is 1. The van der Waals surface area contributed by atoms with Crippen LogP contribution in [0.15, 0.2) is 22.7 Å². The summed E-state index contributed by atoms with van der Waals surface area (Å²) in [5, 5.41) is 3.48. The lowest BCUT2D eigenvalue weighted by atomic mass is 10.2. The standard InChI is InChI=1S/C14H21BrN2O/c1-3-17-6-7-18-13(10-17)9-16-14-5-4-12(15)8-11(14)2/h4-5,8,13,16H,3,6-7,9-10H2,1-2H3. The van der Waals surface area contributed by atoms with Crippen LogP contribution in [0.1, 0.15) is 12.5 Å². The largest absolute Gasteiger partial charge is 0.382 e. The molecule has 2 rings (SSSR count). The molecular formula is C14H21BrN2O. The zero-order chi connectivity index (χ0) is 13.0. The number of rotatable bonds is 4. The van der Waals surface area contributed by atoms with Gasteiger partial charge in [0.15, 0.2) is 0 Å². The first-order chi connectivity index (χ1) is 8.69. The third kappa shape index (κ3) is 3.70. The molecule has 4 heteroatoms. The predicted molar refractivity (Wildman–Crippen MR) is 79.2 cm³/mol. The fraction of sp³-hybridized carbons (Fsp3) is 0.571. The number of ether oxygens (including phenoxy) is 1. The van der Waals surface area contributed by atoms with Gasteiger partial charge >= 0.3 is 0 Å². The van der Waals surface area contributed by atoms with Gasteiger partial charge in [0.05, 0.1) is 12.7 Å². The van der Waals surface area contributed by atoms with E-state index in [0.29, 0.717) is 6.10 Å². The van der Waals surface area contributed by atoms with Crippen molar-refractivity contribution in [2.75, 3.05) is 38.1 Å². The summed E-state index contributed by atoms with van der Waals surface area (Å²) in [6.45, 7) is 9.24. The molecule has 18 heavy (non-hydrogen) atoms. The number of hydrogen-bond acceptors (Lipinski definition) is 3. The van der Waals surface area contributed by atoms with Crippen LogP contribution < -0.4 is 5.32 Å². The molecule has 1 aromatic rings. The minimum atomic E-state index is 0.293. The van der Waals surface area contributed by atoms with E-state index in [4.69, 9.17) is 4.74 Å². The molecule has 0 radical (unpaired) electrons. The molecule has 100 valence electrons. The maximum atomic E-state index is 5.78. The van der Waals surface area contributed by atoms with E-state index in [1.807, 2.05) is 0 Å². The van der Waals surface area contributed by atoms with Gasteiger partial charge in [0, 0.05) is 29.8 Å². The molecule has 1 saturated heterocycles. The maximum Gasteiger partial charge on any atom is 0.0874 e. The molecule has 0 amide bonds. The molecule has 0 aromatic heterocycles. The summed E-state index contributed by atoms with van der Waals surface area (Å²) >= 11 is 3.48. The molecule has 1 fully saturated rings. The molecule has 1 heterocycles. The van der Waals surface area contributed by atoms with Gasteiger partial charge in [-0.25, -0.2) is 0 Å². The minimum absolute atomic E-state index is 0.293. The Bertz CT molecular complexity index is 397. The molecule has 1 unspecified atom stereocenters. The zero-order valence-electron chi connectivity index (χ0n) is 11.1. The first-order valence-electron chi connectivity index (χ1n) is 6.53. The predicted octanol–water partition coefficient (Wildman–Crippen LogP) is 2.89. The third-order valence-electron chi connectivity index (χ3n) is 3.38. The van der Waals surface area contributed by atoms with Gasteiger partial charge in [-0.1, -0.05) is 22.9 Å². The van der Waals surface area contributed by atoms with E-state index in [1.54, 1.807) is 0 Å². The van der Waals surface area contributed by atoms with Crippen LogP contribution in [0.2, 0.25) is 0 Å². The normalized spacial score (nSPS) is 20.9. The van der Waals surface area contributed by atoms with E-state index >= 15 is 0 Å². The number of nitrogens with zero attached hydrogens (tertiary/aromatic N) is 1. The summed E-state index contributed by atoms with van der Waals surface area (Å²) in [4.78, 5) is 2.43. The fourth-order valence-corrected chi connectivity index (χ4v) is 2.72. The van der Waals surface area contributed by atoms with Crippen molar-refractivity contribution in [1.82, 2.24) is 4.90 Å². The van der Waals surface area contributed by atoms with Crippen molar-refractivity contribution >= 4 is 21.6 Å². The molecule has 1 aliphatic rings. The second-order valence-electron chi connectivity index (χ2n) is 4.73. The van der Waals surface area contributed by atoms with Crippen molar-refractivity contribution in [1.29, 1.82) is 0 Å². The Labute approximate surface area is 118 Å². The van der Waals surface area contributed by atoms with Gasteiger partial charge in [0.1, 0.15) is 0 Å². The second-order valence-corrected chi connectivity index (χ2v) is 5.64. The lowest BCUT2D eigenvalue weighted by Crippen LogP contribution is -2.45. The molecule has 3 nitrogen and oxygen atoms in total. The molecule has 0 spiro atoms. The second kappa shape index (κ2) is 6.55. The summed E-state index contributed by atoms with van der Waals surface area (Å²) < 4.78 is 6.90. The van der Waals surface area contributed by atoms with Gasteiger partial charge in [0.25, 0.3) is 0 Å². The highest BCUT2D eigenvalue weighted by molar-refractivity contribution is 9.10. The van der Waals surface area contributed by atoms with Crippen LogP contribution in [0, 0.1) is 6.92 Å². The van der Waals surface area contributed by atoms with E-state index in [-0.39, 0.29) is 0 Å². The van der Waals surface area contributed by atoms with Gasteiger partial charge in [-0.15, -0.1) is 0 Å². The highest BCUT2D eigenvalue weighted by atomic mass is 79.9. The lowest BCUT2D eigenvalue weighted by Gasteiger charge is -2.32. The van der Waals surface area contributed by atoms with E-state index in [2.05, 4.69) is 58.2 Å². The highest BCUT2D eigenvalue weighted by Crippen LogP contribution is 2.20. The Balaban J connectivity index is 1.87. The minimum Gasteiger partial charge on any atom is -0.382 e. The lowest BCUT2D eigenvalue weighted by molar-refractivity contribution is -0.0191. The average Bonchev–Trinajstić information content (AvgIpc) is 2.38. The maximum absolute atomic E-state index is 5.78. The van der Waals surface area contributed by atoms with Crippen LogP contribution in [0.4, 0.5) is 5.69 Å². The van der Waals surface area contributed by atoms with Gasteiger partial charge < -0.3 is 10.1 Å². The van der Waals surface area contributed by atoms with Crippen molar-refractivity contribution in [3.05, 3.63) is 28.2 Å². The molecule has 1 aliphatic heterocycles. The van der Waals surface area contributed by atoms with Crippen LogP contribution in [0.5, 0.6) is 0 Å². The number of halogens is 1. The van der Waals surface area contributed by atoms with E-state index < -0.39 is 0 Å². The third-order valence-corrected chi connectivity index (χ3v) is 3.87. The monoisotopic (exact) mass is 312 g/mol. The van der Waals surface area contributed by atoms with Gasteiger partial charge in [-0.2, -0.15) is 0 Å². The molecule has 1 aromatic carbocycles. The van der Waals surface area contributed by atoms with Gasteiger partial charge in [-0.05, 0) is 37.2 Å². The summed E-state index contributed by atoms with van der Waals surface area (Å²) in [5.74, 6) is 0. The molecule has 1 atom stereocenters. The molecule has 0 saturated carbocycles. The van der Waals surface area contributed by atoms with Crippen LogP contribution >= 0.6 is 15.9 Å². The van der Waals surface area contributed by atoms with E-state index in [0.717, 1.165) is 37.3 Å².